The summed E-state index contributed by atoms with van der Waals surface area (Å²) in [6.45, 7) is 6.93. The number of nitrogens with one attached hydrogen (secondary N) is 1. The number of aryl methyl sites for hydroxylation is 2. The molecule has 2 atom stereocenters. The second-order valence-corrected chi connectivity index (χ2v) is 8.13. The monoisotopic (exact) mass is 348 g/mol. The molecule has 6 heteroatoms. The maximum atomic E-state index is 12.4. The lowest BCUT2D eigenvalue weighted by Crippen LogP contribution is -2.50. The molecule has 2 fully saturated rings. The molecule has 0 radical (unpaired) electrons. The van der Waals surface area contributed by atoms with Gasteiger partial charge in [0.15, 0.2) is 0 Å². The van der Waals surface area contributed by atoms with Gasteiger partial charge in [-0.3, -0.25) is 9.59 Å². The zero-order chi connectivity index (χ0) is 17.3. The summed E-state index contributed by atoms with van der Waals surface area (Å²) in [6.07, 6.45) is 1.37. The SMILES string of the molecule is Cc1cccc(C)c1OCCNC(=O)[C@H]1CS[C@@]2(C)CCC(=O)N12. The highest BCUT2D eigenvalue weighted by Crippen LogP contribution is 2.47. The summed E-state index contributed by atoms with van der Waals surface area (Å²) < 4.78 is 5.81. The van der Waals surface area contributed by atoms with E-state index in [4.69, 9.17) is 4.74 Å². The highest BCUT2D eigenvalue weighted by atomic mass is 32.2. The van der Waals surface area contributed by atoms with Crippen molar-refractivity contribution in [2.45, 2.75) is 44.5 Å². The molecule has 2 amide bonds. The van der Waals surface area contributed by atoms with E-state index in [-0.39, 0.29) is 22.7 Å². The van der Waals surface area contributed by atoms with Crippen LogP contribution in [0.2, 0.25) is 0 Å². The standard InChI is InChI=1S/C18H24N2O3S/c1-12-5-4-6-13(2)16(12)23-10-9-19-17(22)14-11-24-18(3)8-7-15(21)20(14)18/h4-6,14H,7-11H2,1-3H3,(H,19,22)/t14-,18+/m1/s1. The topological polar surface area (TPSA) is 58.6 Å². The minimum Gasteiger partial charge on any atom is -0.491 e. The summed E-state index contributed by atoms with van der Waals surface area (Å²) in [6, 6.07) is 5.67. The number of para-hydroxylation sites is 1. The van der Waals surface area contributed by atoms with Crippen molar-refractivity contribution in [3.63, 3.8) is 0 Å². The van der Waals surface area contributed by atoms with E-state index in [0.29, 0.717) is 25.3 Å². The van der Waals surface area contributed by atoms with E-state index >= 15 is 0 Å². The molecule has 2 saturated heterocycles. The van der Waals surface area contributed by atoms with Gasteiger partial charge in [-0.1, -0.05) is 18.2 Å². The summed E-state index contributed by atoms with van der Waals surface area (Å²) in [5.41, 5.74) is 2.18. The number of fused-ring (bicyclic) bond motifs is 1. The first-order chi connectivity index (χ1) is 11.4. The number of thioether (sulfide) groups is 1. The Bertz CT molecular complexity index is 643. The van der Waals surface area contributed by atoms with Gasteiger partial charge in [0, 0.05) is 12.2 Å². The molecular formula is C18H24N2O3S. The minimum atomic E-state index is -0.352. The van der Waals surface area contributed by atoms with E-state index in [1.54, 1.807) is 16.7 Å². The molecule has 0 unspecified atom stereocenters. The largest absolute Gasteiger partial charge is 0.491 e. The van der Waals surface area contributed by atoms with Crippen molar-refractivity contribution < 1.29 is 14.3 Å². The fraction of sp³-hybridized carbons (Fsp3) is 0.556. The number of benzene rings is 1. The Hall–Kier alpha value is -1.69. The van der Waals surface area contributed by atoms with E-state index in [2.05, 4.69) is 12.2 Å². The highest BCUT2D eigenvalue weighted by molar-refractivity contribution is 8.01. The maximum absolute atomic E-state index is 12.4. The quantitative estimate of drug-likeness (QED) is 0.829. The number of carbonyl (C=O) groups excluding carboxylic acids is 2. The molecule has 1 aromatic carbocycles. The van der Waals surface area contributed by atoms with Crippen molar-refractivity contribution in [2.24, 2.45) is 0 Å². The second-order valence-electron chi connectivity index (χ2n) is 6.63. The van der Waals surface area contributed by atoms with Gasteiger partial charge in [0.2, 0.25) is 11.8 Å². The van der Waals surface area contributed by atoms with Crippen LogP contribution in [0.25, 0.3) is 0 Å². The molecule has 1 aromatic rings. The van der Waals surface area contributed by atoms with Crippen LogP contribution in [0.15, 0.2) is 18.2 Å². The van der Waals surface area contributed by atoms with Gasteiger partial charge in [0.25, 0.3) is 0 Å². The van der Waals surface area contributed by atoms with Crippen molar-refractivity contribution in [1.29, 1.82) is 0 Å². The van der Waals surface area contributed by atoms with E-state index in [9.17, 15) is 9.59 Å². The first-order valence-electron chi connectivity index (χ1n) is 8.35. The van der Waals surface area contributed by atoms with Crippen molar-refractivity contribution in [1.82, 2.24) is 10.2 Å². The lowest BCUT2D eigenvalue weighted by Gasteiger charge is -2.29. The normalized spacial score (nSPS) is 25.7. The lowest BCUT2D eigenvalue weighted by atomic mass is 10.1. The van der Waals surface area contributed by atoms with E-state index in [1.807, 2.05) is 32.0 Å². The molecule has 2 aliphatic heterocycles. The number of hydrogen-bond donors (Lipinski definition) is 1. The fourth-order valence-electron chi connectivity index (χ4n) is 3.49. The predicted octanol–water partition coefficient (Wildman–Crippen LogP) is 2.25. The third-order valence-corrected chi connectivity index (χ3v) is 6.31. The summed E-state index contributed by atoms with van der Waals surface area (Å²) in [5, 5.41) is 2.91. The average Bonchev–Trinajstić information content (AvgIpc) is 3.03. The molecular weight excluding hydrogens is 324 g/mol. The summed E-state index contributed by atoms with van der Waals surface area (Å²) in [5.74, 6) is 1.57. The van der Waals surface area contributed by atoms with Gasteiger partial charge in [0.1, 0.15) is 18.4 Å². The third kappa shape index (κ3) is 3.11. The molecule has 130 valence electrons. The molecule has 5 nitrogen and oxygen atoms in total. The molecule has 0 bridgehead atoms. The van der Waals surface area contributed by atoms with Crippen LogP contribution in [-0.4, -0.2) is 46.5 Å². The van der Waals surface area contributed by atoms with Gasteiger partial charge >= 0.3 is 0 Å². The van der Waals surface area contributed by atoms with Gasteiger partial charge in [-0.15, -0.1) is 11.8 Å². The molecule has 0 aliphatic carbocycles. The second kappa shape index (κ2) is 6.67. The summed E-state index contributed by atoms with van der Waals surface area (Å²) in [4.78, 5) is 26.1. The molecule has 2 heterocycles. The Kier molecular flexibility index (Phi) is 4.76. The third-order valence-electron chi connectivity index (χ3n) is 4.80. The molecule has 1 N–H and O–H groups in total. The molecule has 2 aliphatic rings. The van der Waals surface area contributed by atoms with Crippen molar-refractivity contribution in [3.8, 4) is 5.75 Å². The Morgan fingerprint density at radius 1 is 1.42 bits per heavy atom. The van der Waals surface area contributed by atoms with Crippen LogP contribution in [0.3, 0.4) is 0 Å². The predicted molar refractivity (Wildman–Crippen MR) is 95.2 cm³/mol. The number of amides is 2. The number of rotatable bonds is 5. The first kappa shape index (κ1) is 17.1. The highest BCUT2D eigenvalue weighted by Gasteiger charge is 2.52. The van der Waals surface area contributed by atoms with E-state index in [1.165, 1.54) is 0 Å². The van der Waals surface area contributed by atoms with Gasteiger partial charge in [-0.25, -0.2) is 0 Å². The fourth-order valence-corrected chi connectivity index (χ4v) is 4.92. The van der Waals surface area contributed by atoms with Crippen LogP contribution in [0.1, 0.15) is 30.9 Å². The van der Waals surface area contributed by atoms with Gasteiger partial charge in [-0.05, 0) is 38.3 Å². The first-order valence-corrected chi connectivity index (χ1v) is 9.34. The zero-order valence-corrected chi connectivity index (χ0v) is 15.2. The summed E-state index contributed by atoms with van der Waals surface area (Å²) in [7, 11) is 0. The van der Waals surface area contributed by atoms with Crippen LogP contribution < -0.4 is 10.1 Å². The van der Waals surface area contributed by atoms with Crippen molar-refractivity contribution in [2.75, 3.05) is 18.9 Å². The van der Waals surface area contributed by atoms with E-state index in [0.717, 1.165) is 23.3 Å². The Balaban J connectivity index is 1.51. The number of nitrogens with zero attached hydrogens (tertiary/aromatic N) is 1. The van der Waals surface area contributed by atoms with Crippen LogP contribution in [-0.2, 0) is 9.59 Å². The van der Waals surface area contributed by atoms with Gasteiger partial charge in [0.05, 0.1) is 11.4 Å². The van der Waals surface area contributed by atoms with Crippen LogP contribution in [0.5, 0.6) is 5.75 Å². The average molecular weight is 348 g/mol. The van der Waals surface area contributed by atoms with E-state index < -0.39 is 0 Å². The van der Waals surface area contributed by atoms with Crippen LogP contribution >= 0.6 is 11.8 Å². The Morgan fingerprint density at radius 2 is 2.12 bits per heavy atom. The Labute approximate surface area is 147 Å². The zero-order valence-electron chi connectivity index (χ0n) is 14.4. The molecule has 3 rings (SSSR count). The van der Waals surface area contributed by atoms with Gasteiger partial charge < -0.3 is 15.0 Å². The molecule has 0 saturated carbocycles. The Morgan fingerprint density at radius 3 is 2.83 bits per heavy atom. The van der Waals surface area contributed by atoms with Crippen molar-refractivity contribution in [3.05, 3.63) is 29.3 Å². The van der Waals surface area contributed by atoms with Crippen molar-refractivity contribution >= 4 is 23.6 Å². The maximum Gasteiger partial charge on any atom is 0.243 e. The van der Waals surface area contributed by atoms with Crippen LogP contribution in [0, 0.1) is 13.8 Å². The van der Waals surface area contributed by atoms with Crippen LogP contribution in [0.4, 0.5) is 0 Å². The molecule has 0 aromatic heterocycles. The molecule has 0 spiro atoms. The lowest BCUT2D eigenvalue weighted by molar-refractivity contribution is -0.137. The van der Waals surface area contributed by atoms with Gasteiger partial charge in [-0.2, -0.15) is 0 Å². The number of ether oxygens (including phenoxy) is 1. The summed E-state index contributed by atoms with van der Waals surface area (Å²) >= 11 is 1.71. The number of carbonyl (C=O) groups is 2. The molecule has 24 heavy (non-hydrogen) atoms. The minimum absolute atomic E-state index is 0.0772. The smallest absolute Gasteiger partial charge is 0.243 e. The number of hydrogen-bond acceptors (Lipinski definition) is 4.